The molecule has 3 amide bonds. The van der Waals surface area contributed by atoms with Crippen LogP contribution in [0.4, 0.5) is 16.2 Å². The van der Waals surface area contributed by atoms with Gasteiger partial charge < -0.3 is 10.6 Å². The summed E-state index contributed by atoms with van der Waals surface area (Å²) in [5.41, 5.74) is 4.88. The Morgan fingerprint density at radius 1 is 1.03 bits per heavy atom. The number of hydrogen-bond donors (Lipinski definition) is 2. The summed E-state index contributed by atoms with van der Waals surface area (Å²) in [5.74, 6) is -0.0540. The maximum Gasteiger partial charge on any atom is 0.322 e. The van der Waals surface area contributed by atoms with Gasteiger partial charge in [-0.15, -0.1) is 0 Å². The second-order valence-electron chi connectivity index (χ2n) is 10.8. The van der Waals surface area contributed by atoms with E-state index in [1.807, 2.05) is 24.3 Å². The molecule has 3 aromatic rings. The number of pyridine rings is 1. The van der Waals surface area contributed by atoms with Gasteiger partial charge in [-0.3, -0.25) is 19.6 Å². The fraction of sp³-hybridized carbons (Fsp3) is 0.333. The largest absolute Gasteiger partial charge is 0.330 e. The maximum absolute atomic E-state index is 13.2. The molecule has 1 spiro atoms. The van der Waals surface area contributed by atoms with Crippen molar-refractivity contribution in [1.82, 2.24) is 15.2 Å². The molecule has 1 saturated heterocycles. The molecule has 2 aromatic carbocycles. The van der Waals surface area contributed by atoms with Gasteiger partial charge in [0.2, 0.25) is 5.91 Å². The molecular formula is C30H30N6O2. The van der Waals surface area contributed by atoms with Crippen molar-refractivity contribution in [3.63, 3.8) is 0 Å². The molecule has 38 heavy (non-hydrogen) atoms. The highest BCUT2D eigenvalue weighted by Gasteiger charge is 2.50. The van der Waals surface area contributed by atoms with Crippen LogP contribution in [-0.4, -0.2) is 48.0 Å². The summed E-state index contributed by atoms with van der Waals surface area (Å²) in [7, 11) is 4.26. The van der Waals surface area contributed by atoms with Crippen LogP contribution >= 0.6 is 0 Å². The van der Waals surface area contributed by atoms with Crippen molar-refractivity contribution in [3.8, 4) is 17.3 Å². The number of nitrogens with zero attached hydrogens (tertiary/aromatic N) is 4. The van der Waals surface area contributed by atoms with Crippen LogP contribution in [0, 0.1) is 11.3 Å². The van der Waals surface area contributed by atoms with Gasteiger partial charge in [-0.25, -0.2) is 4.79 Å². The van der Waals surface area contributed by atoms with E-state index in [-0.39, 0.29) is 29.4 Å². The van der Waals surface area contributed by atoms with Crippen LogP contribution in [0.5, 0.6) is 0 Å². The van der Waals surface area contributed by atoms with Gasteiger partial charge in [-0.05, 0) is 63.0 Å². The lowest BCUT2D eigenvalue weighted by molar-refractivity contribution is -0.115. The van der Waals surface area contributed by atoms with Crippen LogP contribution in [0.3, 0.4) is 0 Å². The van der Waals surface area contributed by atoms with Crippen molar-refractivity contribution in [2.75, 3.05) is 30.9 Å². The first-order chi connectivity index (χ1) is 18.3. The number of aromatic nitrogens is 1. The van der Waals surface area contributed by atoms with Gasteiger partial charge in [0.1, 0.15) is 6.07 Å². The normalized spacial score (nSPS) is 24.3. The van der Waals surface area contributed by atoms with Gasteiger partial charge in [0, 0.05) is 16.8 Å². The van der Waals surface area contributed by atoms with Gasteiger partial charge in [0.15, 0.2) is 0 Å². The average molecular weight is 507 g/mol. The zero-order chi connectivity index (χ0) is 26.5. The minimum absolute atomic E-state index is 0.0540. The summed E-state index contributed by atoms with van der Waals surface area (Å²) in [6, 6.07) is 20.0. The molecule has 8 nitrogen and oxygen atoms in total. The first kappa shape index (κ1) is 24.1. The quantitative estimate of drug-likeness (QED) is 0.546. The number of nitrogens with one attached hydrogen (secondary N) is 2. The highest BCUT2D eigenvalue weighted by molar-refractivity contribution is 6.02. The highest BCUT2D eigenvalue weighted by atomic mass is 16.2. The van der Waals surface area contributed by atoms with Crippen molar-refractivity contribution in [2.45, 2.75) is 43.2 Å². The van der Waals surface area contributed by atoms with E-state index in [9.17, 15) is 14.9 Å². The Morgan fingerprint density at radius 3 is 2.50 bits per heavy atom. The van der Waals surface area contributed by atoms with E-state index in [1.54, 1.807) is 17.2 Å². The molecule has 0 unspecified atom stereocenters. The van der Waals surface area contributed by atoms with Crippen molar-refractivity contribution in [2.24, 2.45) is 0 Å². The first-order valence-corrected chi connectivity index (χ1v) is 13.0. The summed E-state index contributed by atoms with van der Waals surface area (Å²) in [5, 5.41) is 16.1. The summed E-state index contributed by atoms with van der Waals surface area (Å²) in [4.78, 5) is 33.8. The Hall–Kier alpha value is -4.22. The number of rotatable bonds is 4. The molecule has 2 N–H and O–H groups in total. The Balaban J connectivity index is 1.26. The summed E-state index contributed by atoms with van der Waals surface area (Å²) >= 11 is 0. The molecule has 3 heterocycles. The summed E-state index contributed by atoms with van der Waals surface area (Å²) < 4.78 is 0. The van der Waals surface area contributed by atoms with Crippen LogP contribution in [-0.2, 0) is 16.8 Å². The van der Waals surface area contributed by atoms with Crippen LogP contribution < -0.4 is 15.5 Å². The van der Waals surface area contributed by atoms with Gasteiger partial charge >= 0.3 is 6.03 Å². The third-order valence-electron chi connectivity index (χ3n) is 8.64. The van der Waals surface area contributed by atoms with Crippen molar-refractivity contribution in [1.29, 1.82) is 5.26 Å². The molecule has 1 saturated carbocycles. The average Bonchev–Trinajstić information content (AvgIpc) is 3.47. The predicted octanol–water partition coefficient (Wildman–Crippen LogP) is 4.41. The monoisotopic (exact) mass is 506 g/mol. The van der Waals surface area contributed by atoms with E-state index in [2.05, 4.69) is 64.9 Å². The molecule has 8 heteroatoms. The smallest absolute Gasteiger partial charge is 0.322 e. The lowest BCUT2D eigenvalue weighted by atomic mass is 9.69. The standard InChI is InChI=1S/C30H30N6O2/c1-35(2)30(21-7-4-3-5-8-21)13-11-29(12-14-30)19-36(28(38)34-29)26-18-32-25(15-20(26)17-31)22-9-6-10-24-23(22)16-27(37)33-24/h3-10,15,18H,11-14,16,19H2,1-2H3,(H,33,37)(H,34,38). The van der Waals surface area contributed by atoms with E-state index in [1.165, 1.54) is 5.56 Å². The Labute approximate surface area is 222 Å². The van der Waals surface area contributed by atoms with Crippen LogP contribution in [0.1, 0.15) is 42.4 Å². The Kier molecular flexibility index (Phi) is 5.69. The maximum atomic E-state index is 13.2. The number of fused-ring (bicyclic) bond motifs is 1. The van der Waals surface area contributed by atoms with E-state index < -0.39 is 0 Å². The molecule has 1 aliphatic carbocycles. The van der Waals surface area contributed by atoms with Crippen molar-refractivity contribution >= 4 is 23.3 Å². The predicted molar refractivity (Wildman–Crippen MR) is 146 cm³/mol. The molecule has 1 aromatic heterocycles. The van der Waals surface area contributed by atoms with Crippen LogP contribution in [0.15, 0.2) is 60.8 Å². The first-order valence-electron chi connectivity index (χ1n) is 13.0. The fourth-order valence-electron chi connectivity index (χ4n) is 6.46. The zero-order valence-corrected chi connectivity index (χ0v) is 21.6. The van der Waals surface area contributed by atoms with Gasteiger partial charge in [0.25, 0.3) is 0 Å². The van der Waals surface area contributed by atoms with Crippen molar-refractivity contribution < 1.29 is 9.59 Å². The third-order valence-corrected chi connectivity index (χ3v) is 8.64. The SMILES string of the molecule is CN(C)C1(c2ccccc2)CCC2(CC1)CN(c1cnc(-c3cccc4c3CC(=O)N4)cc1C#N)C(=O)N2. The second kappa shape index (κ2) is 8.96. The molecule has 2 aliphatic heterocycles. The molecule has 3 aliphatic rings. The summed E-state index contributed by atoms with van der Waals surface area (Å²) in [6.07, 6.45) is 5.43. The molecule has 2 fully saturated rings. The van der Waals surface area contributed by atoms with E-state index in [0.717, 1.165) is 42.5 Å². The summed E-state index contributed by atoms with van der Waals surface area (Å²) in [6.45, 7) is 0.499. The van der Waals surface area contributed by atoms with Gasteiger partial charge in [-0.1, -0.05) is 42.5 Å². The lowest BCUT2D eigenvalue weighted by Gasteiger charge is -2.48. The van der Waals surface area contributed by atoms with Gasteiger partial charge in [-0.2, -0.15) is 5.26 Å². The fourth-order valence-corrected chi connectivity index (χ4v) is 6.46. The van der Waals surface area contributed by atoms with Crippen LogP contribution in [0.2, 0.25) is 0 Å². The minimum Gasteiger partial charge on any atom is -0.330 e. The van der Waals surface area contributed by atoms with E-state index in [0.29, 0.717) is 23.5 Å². The number of nitriles is 1. The molecule has 0 radical (unpaired) electrons. The molecule has 0 atom stereocenters. The zero-order valence-electron chi connectivity index (χ0n) is 21.6. The van der Waals surface area contributed by atoms with Gasteiger partial charge in [0.05, 0.1) is 41.6 Å². The third kappa shape index (κ3) is 3.82. The number of hydrogen-bond acceptors (Lipinski definition) is 5. The number of carbonyl (C=O) groups excluding carboxylic acids is 2. The Bertz CT molecular complexity index is 1470. The molecule has 0 bridgehead atoms. The topological polar surface area (TPSA) is 101 Å². The second-order valence-corrected chi connectivity index (χ2v) is 10.8. The number of amides is 3. The van der Waals surface area contributed by atoms with Crippen LogP contribution in [0.25, 0.3) is 11.3 Å². The van der Waals surface area contributed by atoms with E-state index >= 15 is 0 Å². The van der Waals surface area contributed by atoms with Crippen molar-refractivity contribution in [3.05, 3.63) is 77.5 Å². The molecule has 6 rings (SSSR count). The number of benzene rings is 2. The Morgan fingerprint density at radius 2 is 1.79 bits per heavy atom. The molecular weight excluding hydrogens is 476 g/mol. The number of carbonyl (C=O) groups is 2. The highest BCUT2D eigenvalue weighted by Crippen LogP contribution is 2.46. The van der Waals surface area contributed by atoms with E-state index in [4.69, 9.17) is 0 Å². The number of anilines is 2. The molecule has 192 valence electrons. The number of urea groups is 1. The minimum atomic E-state index is -0.344. The lowest BCUT2D eigenvalue weighted by Crippen LogP contribution is -2.54.